The van der Waals surface area contributed by atoms with E-state index in [4.69, 9.17) is 5.10 Å². The number of piperidine rings is 1. The summed E-state index contributed by atoms with van der Waals surface area (Å²) in [4.78, 5) is 23.2. The molecule has 2 aromatic rings. The Bertz CT molecular complexity index is 1030. The lowest BCUT2D eigenvalue weighted by molar-refractivity contribution is -0.137. The second kappa shape index (κ2) is 14.6. The van der Waals surface area contributed by atoms with Crippen LogP contribution >= 0.6 is 0 Å². The minimum Gasteiger partial charge on any atom is -0.369 e. The number of aromatic nitrogens is 4. The van der Waals surface area contributed by atoms with Gasteiger partial charge in [-0.2, -0.15) is 23.3 Å². The van der Waals surface area contributed by atoms with Gasteiger partial charge in [-0.15, -0.1) is 0 Å². The van der Waals surface area contributed by atoms with Gasteiger partial charge in [-0.05, 0) is 72.5 Å². The number of aldehydes is 1. The van der Waals surface area contributed by atoms with Crippen molar-refractivity contribution in [3.05, 3.63) is 23.7 Å². The van der Waals surface area contributed by atoms with E-state index < -0.39 is 11.7 Å². The summed E-state index contributed by atoms with van der Waals surface area (Å²) in [6.07, 6.45) is 4.73. The molecular formula is C27H43F3N8O. The van der Waals surface area contributed by atoms with E-state index in [1.165, 1.54) is 0 Å². The van der Waals surface area contributed by atoms with Gasteiger partial charge in [-0.1, -0.05) is 6.92 Å². The third-order valence-electron chi connectivity index (χ3n) is 7.21. The van der Waals surface area contributed by atoms with E-state index in [0.29, 0.717) is 37.5 Å². The summed E-state index contributed by atoms with van der Waals surface area (Å²) in [5, 5.41) is 10.8. The standard InChI is InChI=1S/C27H43F3N8O/c1-5-23-24(19-38(35-23)21-10-15-37(16-11-21)20(2)3)33-26-32-18-22(27(28,29)30)25(34-26)31-12-9-14-36(4)13-7-6-8-17-39/h17-21H,5-16H2,1-4H3,(H2,31,32,33,34). The Morgan fingerprint density at radius 3 is 2.54 bits per heavy atom. The van der Waals surface area contributed by atoms with Crippen LogP contribution in [0.5, 0.6) is 0 Å². The number of likely N-dealkylation sites (tertiary alicyclic amines) is 1. The number of nitrogens with zero attached hydrogens (tertiary/aromatic N) is 6. The first-order valence-corrected chi connectivity index (χ1v) is 14.0. The fraction of sp³-hybridized carbons (Fsp3) is 0.704. The summed E-state index contributed by atoms with van der Waals surface area (Å²) in [7, 11) is 1.97. The van der Waals surface area contributed by atoms with Gasteiger partial charge in [0.2, 0.25) is 5.95 Å². The maximum atomic E-state index is 13.7. The van der Waals surface area contributed by atoms with Crippen molar-refractivity contribution in [1.82, 2.24) is 29.5 Å². The molecule has 0 aromatic carbocycles. The third-order valence-corrected chi connectivity index (χ3v) is 7.21. The lowest BCUT2D eigenvalue weighted by atomic mass is 10.0. The number of carbonyl (C=O) groups excluding carboxylic acids is 1. The van der Waals surface area contributed by atoms with Gasteiger partial charge in [0.1, 0.15) is 17.7 Å². The molecule has 0 unspecified atom stereocenters. The summed E-state index contributed by atoms with van der Waals surface area (Å²) in [6, 6.07) is 0.807. The molecule has 12 heteroatoms. The van der Waals surface area contributed by atoms with Crippen molar-refractivity contribution in [3.63, 3.8) is 0 Å². The van der Waals surface area contributed by atoms with E-state index in [-0.39, 0.29) is 17.8 Å². The number of rotatable bonds is 15. The normalized spacial score (nSPS) is 15.3. The highest BCUT2D eigenvalue weighted by Crippen LogP contribution is 2.34. The Labute approximate surface area is 229 Å². The van der Waals surface area contributed by atoms with Gasteiger partial charge in [-0.3, -0.25) is 4.68 Å². The number of carbonyl (C=O) groups is 1. The van der Waals surface area contributed by atoms with Crippen molar-refractivity contribution in [3.8, 4) is 0 Å². The zero-order valence-corrected chi connectivity index (χ0v) is 23.6. The van der Waals surface area contributed by atoms with Crippen LogP contribution in [0.3, 0.4) is 0 Å². The quantitative estimate of drug-likeness (QED) is 0.232. The number of aryl methyl sites for hydroxylation is 1. The summed E-state index contributed by atoms with van der Waals surface area (Å²) >= 11 is 0. The molecule has 9 nitrogen and oxygen atoms in total. The molecule has 0 atom stereocenters. The number of nitrogens with one attached hydrogen (secondary N) is 2. The Morgan fingerprint density at radius 1 is 1.18 bits per heavy atom. The van der Waals surface area contributed by atoms with Gasteiger partial charge in [0.05, 0.1) is 17.4 Å². The zero-order chi connectivity index (χ0) is 28.4. The average molecular weight is 553 g/mol. The number of halogens is 3. The molecule has 3 heterocycles. The monoisotopic (exact) mass is 552 g/mol. The first kappa shape index (κ1) is 30.8. The minimum absolute atomic E-state index is 0.0988. The van der Waals surface area contributed by atoms with Crippen LogP contribution in [0.1, 0.15) is 76.6 Å². The van der Waals surface area contributed by atoms with Crippen LogP contribution < -0.4 is 10.6 Å². The summed E-state index contributed by atoms with van der Waals surface area (Å²) < 4.78 is 43.0. The molecule has 218 valence electrons. The van der Waals surface area contributed by atoms with Crippen molar-refractivity contribution in [2.45, 2.75) is 84.0 Å². The van der Waals surface area contributed by atoms with Crippen molar-refractivity contribution in [2.75, 3.05) is 50.4 Å². The number of alkyl halides is 3. The minimum atomic E-state index is -4.57. The molecule has 2 aromatic heterocycles. The first-order valence-electron chi connectivity index (χ1n) is 14.0. The molecule has 1 fully saturated rings. The molecule has 1 aliphatic heterocycles. The van der Waals surface area contributed by atoms with Gasteiger partial charge in [-0.25, -0.2) is 4.98 Å². The van der Waals surface area contributed by atoms with Crippen molar-refractivity contribution < 1.29 is 18.0 Å². The van der Waals surface area contributed by atoms with Gasteiger partial charge in [0, 0.05) is 44.5 Å². The second-order valence-electron chi connectivity index (χ2n) is 10.5. The molecule has 2 N–H and O–H groups in total. The second-order valence-corrected chi connectivity index (χ2v) is 10.5. The van der Waals surface area contributed by atoms with E-state index in [0.717, 1.165) is 70.0 Å². The van der Waals surface area contributed by atoms with Gasteiger partial charge in [0.15, 0.2) is 0 Å². The maximum absolute atomic E-state index is 13.7. The molecule has 0 amide bonds. The Kier molecular flexibility index (Phi) is 11.5. The highest BCUT2D eigenvalue weighted by atomic mass is 19.4. The van der Waals surface area contributed by atoms with Crippen molar-refractivity contribution in [1.29, 1.82) is 0 Å². The van der Waals surface area contributed by atoms with Crippen LogP contribution in [0.15, 0.2) is 12.4 Å². The summed E-state index contributed by atoms with van der Waals surface area (Å²) in [6.45, 7) is 10.3. The Morgan fingerprint density at radius 2 is 1.90 bits per heavy atom. The fourth-order valence-electron chi connectivity index (χ4n) is 4.83. The molecule has 39 heavy (non-hydrogen) atoms. The van der Waals surface area contributed by atoms with Crippen LogP contribution in [-0.4, -0.2) is 81.6 Å². The maximum Gasteiger partial charge on any atom is 0.421 e. The van der Waals surface area contributed by atoms with Gasteiger partial charge in [0.25, 0.3) is 0 Å². The topological polar surface area (TPSA) is 91.2 Å². The number of unbranched alkanes of at least 4 members (excludes halogenated alkanes) is 2. The predicted octanol–water partition coefficient (Wildman–Crippen LogP) is 5.15. The fourth-order valence-corrected chi connectivity index (χ4v) is 4.83. The predicted molar refractivity (Wildman–Crippen MR) is 147 cm³/mol. The Balaban J connectivity index is 1.64. The molecule has 0 radical (unpaired) electrons. The first-order chi connectivity index (χ1) is 18.6. The molecule has 0 bridgehead atoms. The molecule has 3 rings (SSSR count). The summed E-state index contributed by atoms with van der Waals surface area (Å²) in [5.41, 5.74) is 0.653. The number of hydrogen-bond donors (Lipinski definition) is 2. The number of anilines is 3. The largest absolute Gasteiger partial charge is 0.421 e. The van der Waals surface area contributed by atoms with E-state index in [9.17, 15) is 18.0 Å². The van der Waals surface area contributed by atoms with E-state index >= 15 is 0 Å². The molecule has 0 spiro atoms. The molecule has 1 saturated heterocycles. The lowest BCUT2D eigenvalue weighted by Crippen LogP contribution is -2.39. The van der Waals surface area contributed by atoms with Gasteiger partial charge < -0.3 is 25.2 Å². The van der Waals surface area contributed by atoms with E-state index in [2.05, 4.69) is 44.2 Å². The van der Waals surface area contributed by atoms with Crippen LogP contribution in [-0.2, 0) is 17.4 Å². The highest BCUT2D eigenvalue weighted by Gasteiger charge is 2.35. The van der Waals surface area contributed by atoms with Crippen LogP contribution in [0, 0.1) is 0 Å². The van der Waals surface area contributed by atoms with Gasteiger partial charge >= 0.3 is 6.18 Å². The van der Waals surface area contributed by atoms with Crippen molar-refractivity contribution >= 4 is 23.7 Å². The smallest absolute Gasteiger partial charge is 0.369 e. The molecule has 1 aliphatic rings. The SMILES string of the molecule is CCc1nn(C2CCN(C(C)C)CC2)cc1Nc1ncc(C(F)(F)F)c(NCCCN(C)CCCCC=O)n1. The lowest BCUT2D eigenvalue weighted by Gasteiger charge is -2.34. The van der Waals surface area contributed by atoms with Crippen LogP contribution in [0.25, 0.3) is 0 Å². The third kappa shape index (κ3) is 9.16. The molecule has 0 aliphatic carbocycles. The zero-order valence-electron chi connectivity index (χ0n) is 23.6. The van der Waals surface area contributed by atoms with Crippen molar-refractivity contribution in [2.24, 2.45) is 0 Å². The summed E-state index contributed by atoms with van der Waals surface area (Å²) in [5.74, 6) is -0.137. The Hall–Kier alpha value is -2.73. The van der Waals surface area contributed by atoms with Crippen LogP contribution in [0.2, 0.25) is 0 Å². The molecular weight excluding hydrogens is 509 g/mol. The van der Waals surface area contributed by atoms with E-state index in [1.807, 2.05) is 24.9 Å². The highest BCUT2D eigenvalue weighted by molar-refractivity contribution is 5.58. The average Bonchev–Trinajstić information content (AvgIpc) is 3.31. The van der Waals surface area contributed by atoms with E-state index in [1.54, 1.807) is 0 Å². The van der Waals surface area contributed by atoms with Crippen LogP contribution in [0.4, 0.5) is 30.6 Å². The number of hydrogen-bond acceptors (Lipinski definition) is 8. The molecule has 0 saturated carbocycles.